The van der Waals surface area contributed by atoms with E-state index in [1.807, 2.05) is 25.1 Å². The molecule has 0 saturated heterocycles. The molecule has 0 aliphatic rings. The fraction of sp³-hybridized carbons (Fsp3) is 0.250. The van der Waals surface area contributed by atoms with Crippen LogP contribution in [-0.4, -0.2) is 4.98 Å². The average molecular weight is 251 g/mol. The molecule has 1 unspecified atom stereocenters. The zero-order chi connectivity index (χ0) is 13.8. The summed E-state index contributed by atoms with van der Waals surface area (Å²) in [5.41, 5.74) is 3.92. The number of aromatic nitrogens is 1. The number of anilines is 1. The molecule has 0 aliphatic heterocycles. The molecule has 1 N–H and O–H groups in total. The fourth-order valence-corrected chi connectivity index (χ4v) is 2.11. The van der Waals surface area contributed by atoms with E-state index in [1.165, 1.54) is 11.1 Å². The molecule has 0 saturated carbocycles. The van der Waals surface area contributed by atoms with Gasteiger partial charge in [-0.05, 0) is 44.0 Å². The summed E-state index contributed by atoms with van der Waals surface area (Å²) in [5.74, 6) is 0.651. The van der Waals surface area contributed by atoms with E-state index in [1.54, 1.807) is 6.07 Å². The molecule has 3 heteroatoms. The second-order valence-corrected chi connectivity index (χ2v) is 4.68. The largest absolute Gasteiger partial charge is 0.362 e. The number of aryl methyl sites for hydroxylation is 2. The summed E-state index contributed by atoms with van der Waals surface area (Å²) in [4.78, 5) is 4.41. The Labute approximate surface area is 113 Å². The molecule has 0 fully saturated rings. The summed E-state index contributed by atoms with van der Waals surface area (Å²) < 4.78 is 0. The van der Waals surface area contributed by atoms with Gasteiger partial charge < -0.3 is 5.32 Å². The SMILES string of the molecule is Cc1ccc(C#N)c(NC(C)c2ccccc2C)n1. The normalized spacial score (nSPS) is 11.7. The summed E-state index contributed by atoms with van der Waals surface area (Å²) in [6, 6.07) is 14.2. The quantitative estimate of drug-likeness (QED) is 0.904. The van der Waals surface area contributed by atoms with Gasteiger partial charge in [-0.1, -0.05) is 24.3 Å². The summed E-state index contributed by atoms with van der Waals surface area (Å²) in [5, 5.41) is 12.4. The molecule has 1 aromatic carbocycles. The van der Waals surface area contributed by atoms with Crippen LogP contribution in [0.3, 0.4) is 0 Å². The van der Waals surface area contributed by atoms with Crippen LogP contribution in [0.5, 0.6) is 0 Å². The van der Waals surface area contributed by atoms with E-state index in [0.29, 0.717) is 11.4 Å². The van der Waals surface area contributed by atoms with E-state index in [-0.39, 0.29) is 6.04 Å². The molecule has 0 bridgehead atoms. The Morgan fingerprint density at radius 3 is 2.58 bits per heavy atom. The number of nitriles is 1. The molecule has 2 aromatic rings. The number of nitrogens with one attached hydrogen (secondary N) is 1. The molecule has 0 amide bonds. The van der Waals surface area contributed by atoms with Crippen molar-refractivity contribution in [2.45, 2.75) is 26.8 Å². The smallest absolute Gasteiger partial charge is 0.144 e. The van der Waals surface area contributed by atoms with E-state index >= 15 is 0 Å². The minimum atomic E-state index is 0.114. The van der Waals surface area contributed by atoms with E-state index in [0.717, 1.165) is 5.69 Å². The van der Waals surface area contributed by atoms with Crippen LogP contribution >= 0.6 is 0 Å². The number of nitrogens with zero attached hydrogens (tertiary/aromatic N) is 2. The third-order valence-electron chi connectivity index (χ3n) is 3.16. The van der Waals surface area contributed by atoms with E-state index in [4.69, 9.17) is 5.26 Å². The molecular formula is C16H17N3. The van der Waals surface area contributed by atoms with Crippen LogP contribution in [0.2, 0.25) is 0 Å². The summed E-state index contributed by atoms with van der Waals surface area (Å²) in [6.45, 7) is 6.08. The van der Waals surface area contributed by atoms with Gasteiger partial charge in [-0.3, -0.25) is 0 Å². The number of rotatable bonds is 3. The Kier molecular flexibility index (Phi) is 3.82. The predicted octanol–water partition coefficient (Wildman–Crippen LogP) is 3.74. The first-order valence-corrected chi connectivity index (χ1v) is 6.31. The van der Waals surface area contributed by atoms with Gasteiger partial charge in [0.05, 0.1) is 11.6 Å². The predicted molar refractivity (Wildman–Crippen MR) is 76.9 cm³/mol. The molecular weight excluding hydrogens is 234 g/mol. The van der Waals surface area contributed by atoms with Crippen LogP contribution in [0.1, 0.15) is 35.3 Å². The van der Waals surface area contributed by atoms with Crippen molar-refractivity contribution in [3.05, 3.63) is 58.8 Å². The molecule has 19 heavy (non-hydrogen) atoms. The van der Waals surface area contributed by atoms with Crippen molar-refractivity contribution in [2.75, 3.05) is 5.32 Å². The molecule has 0 radical (unpaired) electrons. The number of benzene rings is 1. The van der Waals surface area contributed by atoms with Gasteiger partial charge in [-0.15, -0.1) is 0 Å². The van der Waals surface area contributed by atoms with Crippen molar-refractivity contribution in [2.24, 2.45) is 0 Å². The molecule has 1 heterocycles. The molecule has 2 rings (SSSR count). The van der Waals surface area contributed by atoms with Crippen LogP contribution < -0.4 is 5.32 Å². The average Bonchev–Trinajstić information content (AvgIpc) is 2.39. The zero-order valence-corrected chi connectivity index (χ0v) is 11.4. The van der Waals surface area contributed by atoms with Crippen molar-refractivity contribution in [3.8, 4) is 6.07 Å². The topological polar surface area (TPSA) is 48.7 Å². The van der Waals surface area contributed by atoms with Gasteiger partial charge in [0, 0.05) is 5.69 Å². The number of hydrogen-bond acceptors (Lipinski definition) is 3. The lowest BCUT2D eigenvalue weighted by Crippen LogP contribution is -2.11. The van der Waals surface area contributed by atoms with E-state index in [9.17, 15) is 0 Å². The minimum Gasteiger partial charge on any atom is -0.362 e. The summed E-state index contributed by atoms with van der Waals surface area (Å²) >= 11 is 0. The zero-order valence-electron chi connectivity index (χ0n) is 11.4. The highest BCUT2D eigenvalue weighted by molar-refractivity contribution is 5.53. The highest BCUT2D eigenvalue weighted by Gasteiger charge is 2.11. The molecule has 0 spiro atoms. The number of pyridine rings is 1. The minimum absolute atomic E-state index is 0.114. The monoisotopic (exact) mass is 251 g/mol. The van der Waals surface area contributed by atoms with E-state index in [2.05, 4.69) is 42.4 Å². The van der Waals surface area contributed by atoms with Crippen molar-refractivity contribution < 1.29 is 0 Å². The van der Waals surface area contributed by atoms with Crippen LogP contribution in [0.4, 0.5) is 5.82 Å². The van der Waals surface area contributed by atoms with Gasteiger partial charge in [-0.25, -0.2) is 4.98 Å². The lowest BCUT2D eigenvalue weighted by molar-refractivity contribution is 0.861. The van der Waals surface area contributed by atoms with Crippen LogP contribution in [0.15, 0.2) is 36.4 Å². The Hall–Kier alpha value is -2.34. The standard InChI is InChI=1S/C16H17N3/c1-11-6-4-5-7-15(11)13(3)19-16-14(10-17)9-8-12(2)18-16/h4-9,13H,1-3H3,(H,18,19). The number of hydrogen-bond donors (Lipinski definition) is 1. The van der Waals surface area contributed by atoms with Gasteiger partial charge in [0.1, 0.15) is 11.9 Å². The van der Waals surface area contributed by atoms with Crippen LogP contribution in [0.25, 0.3) is 0 Å². The lowest BCUT2D eigenvalue weighted by atomic mass is 10.0. The van der Waals surface area contributed by atoms with Gasteiger partial charge >= 0.3 is 0 Å². The Morgan fingerprint density at radius 2 is 1.89 bits per heavy atom. The van der Waals surface area contributed by atoms with Crippen molar-refractivity contribution in [3.63, 3.8) is 0 Å². The molecule has 3 nitrogen and oxygen atoms in total. The lowest BCUT2D eigenvalue weighted by Gasteiger charge is -2.18. The highest BCUT2D eigenvalue weighted by atomic mass is 15.0. The molecule has 0 aliphatic carbocycles. The first kappa shape index (κ1) is 13.1. The Balaban J connectivity index is 2.29. The maximum Gasteiger partial charge on any atom is 0.144 e. The van der Waals surface area contributed by atoms with Gasteiger partial charge in [0.25, 0.3) is 0 Å². The summed E-state index contributed by atoms with van der Waals surface area (Å²) in [7, 11) is 0. The van der Waals surface area contributed by atoms with Crippen molar-refractivity contribution in [1.29, 1.82) is 5.26 Å². The first-order chi connectivity index (χ1) is 9.11. The molecule has 1 atom stereocenters. The van der Waals surface area contributed by atoms with Crippen molar-refractivity contribution >= 4 is 5.82 Å². The second-order valence-electron chi connectivity index (χ2n) is 4.68. The Bertz CT molecular complexity index is 626. The highest BCUT2D eigenvalue weighted by Crippen LogP contribution is 2.23. The maximum absolute atomic E-state index is 9.12. The second kappa shape index (κ2) is 5.53. The van der Waals surface area contributed by atoms with Crippen LogP contribution in [-0.2, 0) is 0 Å². The Morgan fingerprint density at radius 1 is 1.16 bits per heavy atom. The summed E-state index contributed by atoms with van der Waals surface area (Å²) in [6.07, 6.45) is 0. The third kappa shape index (κ3) is 2.92. The first-order valence-electron chi connectivity index (χ1n) is 6.31. The van der Waals surface area contributed by atoms with Gasteiger partial charge in [0.15, 0.2) is 0 Å². The molecule has 1 aromatic heterocycles. The maximum atomic E-state index is 9.12. The van der Waals surface area contributed by atoms with Crippen LogP contribution in [0, 0.1) is 25.2 Å². The van der Waals surface area contributed by atoms with E-state index < -0.39 is 0 Å². The van der Waals surface area contributed by atoms with Gasteiger partial charge in [0.2, 0.25) is 0 Å². The third-order valence-corrected chi connectivity index (χ3v) is 3.16. The van der Waals surface area contributed by atoms with Gasteiger partial charge in [-0.2, -0.15) is 5.26 Å². The van der Waals surface area contributed by atoms with Crippen molar-refractivity contribution in [1.82, 2.24) is 4.98 Å². The molecule has 96 valence electrons. The fourth-order valence-electron chi connectivity index (χ4n) is 2.11.